The number of piperazine rings is 1. The highest BCUT2D eigenvalue weighted by molar-refractivity contribution is 5.56. The summed E-state index contributed by atoms with van der Waals surface area (Å²) in [5.74, 6) is 0. The molecule has 0 aromatic carbocycles. The molecule has 0 aliphatic carbocycles. The van der Waals surface area contributed by atoms with Crippen LogP contribution >= 0.6 is 0 Å². The Balaban J connectivity index is 2.56. The van der Waals surface area contributed by atoms with E-state index >= 15 is 0 Å². The zero-order valence-electron chi connectivity index (χ0n) is 8.25. The maximum absolute atomic E-state index is 11.1. The van der Waals surface area contributed by atoms with Crippen molar-refractivity contribution in [2.24, 2.45) is 0 Å². The molecule has 1 fully saturated rings. The van der Waals surface area contributed by atoms with Gasteiger partial charge in [0.15, 0.2) is 0 Å². The van der Waals surface area contributed by atoms with Gasteiger partial charge in [-0.3, -0.25) is 0 Å². The number of amides is 1. The van der Waals surface area contributed by atoms with Gasteiger partial charge in [0, 0.05) is 13.1 Å². The highest BCUT2D eigenvalue weighted by Crippen LogP contribution is 2.11. The molecule has 1 rings (SSSR count). The summed E-state index contributed by atoms with van der Waals surface area (Å²) in [6, 6.07) is 0. The lowest BCUT2D eigenvalue weighted by Gasteiger charge is -2.36. The quantitative estimate of drug-likeness (QED) is 0.645. The number of unbranched alkanes of at least 4 members (excludes halogenated alkanes) is 1. The van der Waals surface area contributed by atoms with Gasteiger partial charge in [0.2, 0.25) is 0 Å². The van der Waals surface area contributed by atoms with Crippen molar-refractivity contribution >= 4 is 6.09 Å². The normalized spacial score (nSPS) is 21.3. The van der Waals surface area contributed by atoms with Gasteiger partial charge in [-0.2, -0.15) is 4.79 Å². The first-order valence-electron chi connectivity index (χ1n) is 5.01. The third-order valence-electron chi connectivity index (χ3n) is 2.78. The molecule has 0 radical (unpaired) electrons. The van der Waals surface area contributed by atoms with Crippen molar-refractivity contribution in [1.82, 2.24) is 5.32 Å². The minimum absolute atomic E-state index is 0.265. The molecule has 76 valence electrons. The predicted molar refractivity (Wildman–Crippen MR) is 50.7 cm³/mol. The van der Waals surface area contributed by atoms with Gasteiger partial charge in [-0.05, 0) is 6.42 Å². The topological polar surface area (TPSA) is 49.3 Å². The van der Waals surface area contributed by atoms with Crippen molar-refractivity contribution in [1.29, 1.82) is 0 Å². The smallest absolute Gasteiger partial charge is 0.435 e. The third-order valence-corrected chi connectivity index (χ3v) is 2.78. The first kappa shape index (κ1) is 10.5. The van der Waals surface area contributed by atoms with Crippen LogP contribution in [0.25, 0.3) is 0 Å². The molecule has 1 saturated heterocycles. The van der Waals surface area contributed by atoms with E-state index in [4.69, 9.17) is 5.11 Å². The van der Waals surface area contributed by atoms with Crippen molar-refractivity contribution in [3.8, 4) is 0 Å². The van der Waals surface area contributed by atoms with Gasteiger partial charge in [0.25, 0.3) is 0 Å². The van der Waals surface area contributed by atoms with E-state index < -0.39 is 6.09 Å². The van der Waals surface area contributed by atoms with E-state index in [1.165, 1.54) is 0 Å². The number of nitrogens with one attached hydrogen (secondary N) is 1. The van der Waals surface area contributed by atoms with Crippen LogP contribution in [-0.2, 0) is 0 Å². The SMILES string of the molecule is CCCC[N+]1(C(=O)O)CCNCC1. The number of carbonyl (C=O) groups is 1. The maximum atomic E-state index is 11.1. The molecule has 4 heteroatoms. The van der Waals surface area contributed by atoms with Crippen molar-refractivity contribution in [2.75, 3.05) is 32.7 Å². The first-order valence-corrected chi connectivity index (χ1v) is 5.01. The molecule has 1 aliphatic rings. The second kappa shape index (κ2) is 4.58. The average molecular weight is 187 g/mol. The van der Waals surface area contributed by atoms with Crippen LogP contribution < -0.4 is 5.32 Å². The molecule has 2 N–H and O–H groups in total. The van der Waals surface area contributed by atoms with E-state index in [0.29, 0.717) is 0 Å². The molecule has 0 atom stereocenters. The van der Waals surface area contributed by atoms with Crippen LogP contribution in [0, 0.1) is 0 Å². The van der Waals surface area contributed by atoms with Gasteiger partial charge in [0.1, 0.15) is 13.1 Å². The molecular weight excluding hydrogens is 168 g/mol. The largest absolute Gasteiger partial charge is 0.513 e. The zero-order chi connectivity index (χ0) is 9.73. The predicted octanol–water partition coefficient (Wildman–Crippen LogP) is 0.884. The van der Waals surface area contributed by atoms with Gasteiger partial charge in [0.05, 0.1) is 6.54 Å². The Morgan fingerprint density at radius 1 is 1.46 bits per heavy atom. The molecule has 0 aromatic heterocycles. The van der Waals surface area contributed by atoms with Crippen molar-refractivity contribution < 1.29 is 14.4 Å². The van der Waals surface area contributed by atoms with Crippen LogP contribution in [0.4, 0.5) is 4.79 Å². The summed E-state index contributed by atoms with van der Waals surface area (Å²) < 4.78 is 0.265. The van der Waals surface area contributed by atoms with E-state index in [1.54, 1.807) is 0 Å². The van der Waals surface area contributed by atoms with Crippen LogP contribution in [0.1, 0.15) is 19.8 Å². The second-order valence-corrected chi connectivity index (χ2v) is 3.70. The average Bonchev–Trinajstić information content (AvgIpc) is 2.16. The van der Waals surface area contributed by atoms with Crippen molar-refractivity contribution in [3.05, 3.63) is 0 Å². The zero-order valence-corrected chi connectivity index (χ0v) is 8.25. The number of carboxylic acid groups (broad SMARTS) is 1. The fourth-order valence-corrected chi connectivity index (χ4v) is 1.79. The molecule has 0 aromatic rings. The Labute approximate surface area is 79.1 Å². The van der Waals surface area contributed by atoms with Gasteiger partial charge < -0.3 is 10.4 Å². The monoisotopic (exact) mass is 187 g/mol. The molecule has 0 bridgehead atoms. The van der Waals surface area contributed by atoms with E-state index in [9.17, 15) is 4.79 Å². The summed E-state index contributed by atoms with van der Waals surface area (Å²) >= 11 is 0. The highest BCUT2D eigenvalue weighted by atomic mass is 16.4. The Kier molecular flexibility index (Phi) is 3.69. The van der Waals surface area contributed by atoms with Crippen LogP contribution in [-0.4, -0.2) is 48.4 Å². The Bertz CT molecular complexity index is 176. The van der Waals surface area contributed by atoms with Crippen molar-refractivity contribution in [2.45, 2.75) is 19.8 Å². The molecule has 13 heavy (non-hydrogen) atoms. The lowest BCUT2D eigenvalue weighted by molar-refractivity contribution is -0.859. The summed E-state index contributed by atoms with van der Waals surface area (Å²) in [5, 5.41) is 12.4. The third kappa shape index (κ3) is 2.42. The number of rotatable bonds is 3. The molecule has 0 saturated carbocycles. The highest BCUT2D eigenvalue weighted by Gasteiger charge is 2.37. The van der Waals surface area contributed by atoms with Gasteiger partial charge in [-0.1, -0.05) is 13.3 Å². The minimum atomic E-state index is -0.657. The molecular formula is C9H19N2O2+. The standard InChI is InChI=1S/C9H18N2O2/c1-2-3-6-11(9(12)13)7-4-10-5-8-11/h10H,2-8H2,1H3/p+1. The van der Waals surface area contributed by atoms with Crippen LogP contribution in [0.15, 0.2) is 0 Å². The number of hydrogen-bond acceptors (Lipinski definition) is 2. The van der Waals surface area contributed by atoms with E-state index in [-0.39, 0.29) is 4.48 Å². The fourth-order valence-electron chi connectivity index (χ4n) is 1.79. The van der Waals surface area contributed by atoms with Crippen LogP contribution in [0.2, 0.25) is 0 Å². The molecule has 0 unspecified atom stereocenters. The summed E-state index contributed by atoms with van der Waals surface area (Å²) in [5.41, 5.74) is 0. The van der Waals surface area contributed by atoms with Gasteiger partial charge in [-0.25, -0.2) is 4.48 Å². The maximum Gasteiger partial charge on any atom is 0.513 e. The number of hydrogen-bond donors (Lipinski definition) is 2. The number of nitrogens with zero attached hydrogens (tertiary/aromatic N) is 1. The second-order valence-electron chi connectivity index (χ2n) is 3.70. The van der Waals surface area contributed by atoms with Crippen molar-refractivity contribution in [3.63, 3.8) is 0 Å². The van der Waals surface area contributed by atoms with Gasteiger partial charge >= 0.3 is 6.09 Å². The molecule has 1 amide bonds. The van der Waals surface area contributed by atoms with Crippen LogP contribution in [0.3, 0.4) is 0 Å². The lowest BCUT2D eigenvalue weighted by Crippen LogP contribution is -2.61. The fraction of sp³-hybridized carbons (Fsp3) is 0.889. The summed E-state index contributed by atoms with van der Waals surface area (Å²) in [7, 11) is 0. The molecule has 4 nitrogen and oxygen atoms in total. The summed E-state index contributed by atoms with van der Waals surface area (Å²) in [6.45, 7) is 6.00. The Morgan fingerprint density at radius 2 is 2.08 bits per heavy atom. The van der Waals surface area contributed by atoms with E-state index in [1.807, 2.05) is 0 Å². The summed E-state index contributed by atoms with van der Waals surface area (Å²) in [4.78, 5) is 11.1. The van der Waals surface area contributed by atoms with E-state index in [2.05, 4.69) is 12.2 Å². The minimum Gasteiger partial charge on any atom is -0.435 e. The molecule has 1 heterocycles. The summed E-state index contributed by atoms with van der Waals surface area (Å²) in [6.07, 6.45) is 1.42. The number of quaternary nitrogens is 1. The molecule has 1 aliphatic heterocycles. The molecule has 0 spiro atoms. The van der Waals surface area contributed by atoms with Crippen LogP contribution in [0.5, 0.6) is 0 Å². The van der Waals surface area contributed by atoms with Gasteiger partial charge in [-0.15, -0.1) is 0 Å². The van der Waals surface area contributed by atoms with E-state index in [0.717, 1.165) is 45.6 Å². The Morgan fingerprint density at radius 3 is 2.54 bits per heavy atom. The lowest BCUT2D eigenvalue weighted by atomic mass is 10.2. The Hall–Kier alpha value is -0.610. The first-order chi connectivity index (χ1) is 6.21.